The summed E-state index contributed by atoms with van der Waals surface area (Å²) < 4.78 is 39.2. The van der Waals surface area contributed by atoms with E-state index in [1.54, 1.807) is 0 Å². The van der Waals surface area contributed by atoms with Crippen LogP contribution in [0.4, 0.5) is 18.9 Å². The molecule has 0 aliphatic carbocycles. The molecule has 2 amide bonds. The van der Waals surface area contributed by atoms with E-state index in [2.05, 4.69) is 10.2 Å². The predicted octanol–water partition coefficient (Wildman–Crippen LogP) is 2.68. The molecule has 9 heteroatoms. The van der Waals surface area contributed by atoms with Gasteiger partial charge in [0.1, 0.15) is 0 Å². The first-order valence-corrected chi connectivity index (χ1v) is 6.29. The van der Waals surface area contributed by atoms with Crippen LogP contribution in [0.15, 0.2) is 28.4 Å². The van der Waals surface area contributed by atoms with Crippen molar-refractivity contribution < 1.29 is 22.8 Å². The van der Waals surface area contributed by atoms with Crippen molar-refractivity contribution in [2.75, 3.05) is 11.4 Å². The number of carbonyl (C=O) groups is 2. The Bertz CT molecular complexity index is 674. The molecule has 0 spiro atoms. The molecule has 5 nitrogen and oxygen atoms in total. The fourth-order valence-corrected chi connectivity index (χ4v) is 2.58. The number of fused-ring (bicyclic) bond motifs is 1. The number of rotatable bonds is 1. The van der Waals surface area contributed by atoms with Gasteiger partial charge in [0.25, 0.3) is 5.91 Å². The molecule has 0 unspecified atom stereocenters. The quantitative estimate of drug-likeness (QED) is 0.748. The lowest BCUT2D eigenvalue weighted by Crippen LogP contribution is -2.33. The van der Waals surface area contributed by atoms with Crippen LogP contribution in [0, 0.1) is 5.92 Å². The van der Waals surface area contributed by atoms with E-state index in [1.165, 1.54) is 6.07 Å². The van der Waals surface area contributed by atoms with Crippen molar-refractivity contribution in [2.24, 2.45) is 16.1 Å². The Morgan fingerprint density at radius 3 is 2.57 bits per heavy atom. The minimum atomic E-state index is -4.74. The topological polar surface area (TPSA) is 62.1 Å². The maximum absolute atomic E-state index is 13.1. The average Bonchev–Trinajstić information content (AvgIpc) is 2.95. The molecule has 0 N–H and O–H groups in total. The van der Waals surface area contributed by atoms with E-state index < -0.39 is 41.2 Å². The molecule has 21 heavy (non-hydrogen) atoms. The van der Waals surface area contributed by atoms with E-state index in [0.29, 0.717) is 11.0 Å². The number of amides is 2. The van der Waals surface area contributed by atoms with Crippen LogP contribution in [0.3, 0.4) is 0 Å². The first kappa shape index (κ1) is 14.0. The Labute approximate surface area is 121 Å². The third-order valence-corrected chi connectivity index (χ3v) is 3.62. The fraction of sp³-hybridized carbons (Fsp3) is 0.333. The van der Waals surface area contributed by atoms with Crippen molar-refractivity contribution in [1.29, 1.82) is 0 Å². The van der Waals surface area contributed by atoms with Crippen LogP contribution in [-0.4, -0.2) is 24.4 Å². The van der Waals surface area contributed by atoms with Crippen molar-refractivity contribution in [1.82, 2.24) is 0 Å². The van der Waals surface area contributed by atoms with Gasteiger partial charge in [-0.2, -0.15) is 23.4 Å². The first-order chi connectivity index (χ1) is 9.80. The van der Waals surface area contributed by atoms with Crippen LogP contribution in [-0.2, 0) is 15.8 Å². The van der Waals surface area contributed by atoms with E-state index in [4.69, 9.17) is 11.6 Å². The van der Waals surface area contributed by atoms with Gasteiger partial charge in [0.05, 0.1) is 23.7 Å². The Kier molecular flexibility index (Phi) is 3.01. The summed E-state index contributed by atoms with van der Waals surface area (Å²) in [7, 11) is 0. The Morgan fingerprint density at radius 2 is 1.95 bits per heavy atom. The molecule has 0 radical (unpaired) electrons. The maximum Gasteiger partial charge on any atom is 0.418 e. The minimum absolute atomic E-state index is 0.0146. The summed E-state index contributed by atoms with van der Waals surface area (Å²) in [4.78, 5) is 24.8. The number of alkyl halides is 3. The van der Waals surface area contributed by atoms with Crippen molar-refractivity contribution >= 4 is 29.1 Å². The second-order valence-electron chi connectivity index (χ2n) is 4.66. The smallest absolute Gasteiger partial charge is 0.274 e. The molecule has 2 aliphatic rings. The summed E-state index contributed by atoms with van der Waals surface area (Å²) >= 11 is 5.58. The molecule has 0 bridgehead atoms. The molecule has 2 heterocycles. The third-order valence-electron chi connectivity index (χ3n) is 3.38. The second-order valence-corrected chi connectivity index (χ2v) is 5.10. The SMILES string of the molecule is O=C1[C@@H]2CN=N[C@H]2C(=O)N1c1ccc(Cl)cc1C(F)(F)F. The molecule has 1 fully saturated rings. The number of benzene rings is 1. The molecule has 110 valence electrons. The van der Waals surface area contributed by atoms with Crippen molar-refractivity contribution in [3.8, 4) is 0 Å². The molecule has 1 aromatic rings. The van der Waals surface area contributed by atoms with Crippen molar-refractivity contribution in [3.63, 3.8) is 0 Å². The van der Waals surface area contributed by atoms with Gasteiger partial charge in [0, 0.05) is 5.02 Å². The fourth-order valence-electron chi connectivity index (χ4n) is 2.41. The standard InChI is InChI=1S/C12H7ClF3N3O2/c13-5-1-2-8(7(3-5)12(14,15)16)19-10(20)6-4-17-18-9(6)11(19)21/h1-3,6,9H,4H2/t6-,9-/m1/s1. The molecule has 0 saturated carbocycles. The summed E-state index contributed by atoms with van der Waals surface area (Å²) in [5.74, 6) is -2.32. The van der Waals surface area contributed by atoms with Gasteiger partial charge >= 0.3 is 6.18 Å². The highest BCUT2D eigenvalue weighted by Gasteiger charge is 2.52. The van der Waals surface area contributed by atoms with Gasteiger partial charge in [-0.05, 0) is 18.2 Å². The third kappa shape index (κ3) is 2.10. The van der Waals surface area contributed by atoms with E-state index in [1.807, 2.05) is 0 Å². The zero-order valence-electron chi connectivity index (χ0n) is 10.3. The van der Waals surface area contributed by atoms with Gasteiger partial charge in [-0.1, -0.05) is 11.6 Å². The number of nitrogens with zero attached hydrogens (tertiary/aromatic N) is 3. The molecule has 3 rings (SSSR count). The molecule has 2 atom stereocenters. The van der Waals surface area contributed by atoms with E-state index >= 15 is 0 Å². The number of halogens is 4. The lowest BCUT2D eigenvalue weighted by atomic mass is 10.1. The predicted molar refractivity (Wildman–Crippen MR) is 65.9 cm³/mol. The summed E-state index contributed by atoms with van der Waals surface area (Å²) in [6.45, 7) is 0.0146. The molecular formula is C12H7ClF3N3O2. The number of hydrogen-bond donors (Lipinski definition) is 0. The highest BCUT2D eigenvalue weighted by molar-refractivity contribution is 6.31. The largest absolute Gasteiger partial charge is 0.418 e. The Balaban J connectivity index is 2.11. The number of azo groups is 1. The highest BCUT2D eigenvalue weighted by Crippen LogP contribution is 2.41. The molecule has 2 aliphatic heterocycles. The van der Waals surface area contributed by atoms with Gasteiger partial charge in [-0.25, -0.2) is 4.90 Å². The van der Waals surface area contributed by atoms with E-state index in [-0.39, 0.29) is 11.6 Å². The van der Waals surface area contributed by atoms with Crippen LogP contribution in [0.5, 0.6) is 0 Å². The summed E-state index contributed by atoms with van der Waals surface area (Å²) in [6.07, 6.45) is -4.74. The van der Waals surface area contributed by atoms with Crippen molar-refractivity contribution in [3.05, 3.63) is 28.8 Å². The maximum atomic E-state index is 13.1. The molecule has 1 saturated heterocycles. The number of hydrogen-bond acceptors (Lipinski definition) is 4. The summed E-state index contributed by atoms with van der Waals surface area (Å²) in [5.41, 5.74) is -1.65. The van der Waals surface area contributed by atoms with Crippen LogP contribution in [0.1, 0.15) is 5.56 Å². The van der Waals surface area contributed by atoms with E-state index in [9.17, 15) is 22.8 Å². The van der Waals surface area contributed by atoms with E-state index in [0.717, 1.165) is 6.07 Å². The number of carbonyl (C=O) groups excluding carboxylic acids is 2. The number of imide groups is 1. The zero-order chi connectivity index (χ0) is 15.4. The first-order valence-electron chi connectivity index (χ1n) is 5.92. The summed E-state index contributed by atoms with van der Waals surface area (Å²) in [6, 6.07) is 1.88. The van der Waals surface area contributed by atoms with Gasteiger partial charge in [-0.15, -0.1) is 0 Å². The second kappa shape index (κ2) is 4.52. The molecular weight excluding hydrogens is 311 g/mol. The average molecular weight is 318 g/mol. The monoisotopic (exact) mass is 317 g/mol. The molecule has 1 aromatic carbocycles. The van der Waals surface area contributed by atoms with Gasteiger partial charge in [0.2, 0.25) is 5.91 Å². The lowest BCUT2D eigenvalue weighted by molar-refractivity contribution is -0.137. The van der Waals surface area contributed by atoms with Crippen LogP contribution in [0.25, 0.3) is 0 Å². The van der Waals surface area contributed by atoms with Gasteiger partial charge in [-0.3, -0.25) is 9.59 Å². The highest BCUT2D eigenvalue weighted by atomic mass is 35.5. The normalized spacial score (nSPS) is 24.9. The Morgan fingerprint density at radius 1 is 1.24 bits per heavy atom. The zero-order valence-corrected chi connectivity index (χ0v) is 11.0. The van der Waals surface area contributed by atoms with Crippen molar-refractivity contribution in [2.45, 2.75) is 12.2 Å². The van der Waals surface area contributed by atoms with Crippen LogP contribution < -0.4 is 4.90 Å². The van der Waals surface area contributed by atoms with Gasteiger partial charge < -0.3 is 0 Å². The summed E-state index contributed by atoms with van der Waals surface area (Å²) in [5, 5.41) is 7.08. The van der Waals surface area contributed by atoms with Gasteiger partial charge in [0.15, 0.2) is 6.04 Å². The lowest BCUT2D eigenvalue weighted by Gasteiger charge is -2.20. The van der Waals surface area contributed by atoms with Crippen LogP contribution >= 0.6 is 11.6 Å². The Hall–Kier alpha value is -1.96. The molecule has 0 aromatic heterocycles. The van der Waals surface area contributed by atoms with Crippen LogP contribution in [0.2, 0.25) is 5.02 Å². The minimum Gasteiger partial charge on any atom is -0.274 e. The number of anilines is 1.